The molecule has 2 N–H and O–H groups in total. The summed E-state index contributed by atoms with van der Waals surface area (Å²) in [6.45, 7) is 0. The molecule has 24 heavy (non-hydrogen) atoms. The van der Waals surface area contributed by atoms with Gasteiger partial charge < -0.3 is 14.8 Å². The number of hydrogen-bond acceptors (Lipinski definition) is 3. The number of carbonyl (C=O) groups excluding carboxylic acids is 1. The average Bonchev–Trinajstić information content (AvgIpc) is 3.26. The summed E-state index contributed by atoms with van der Waals surface area (Å²) in [7, 11) is 0. The first-order valence-corrected chi connectivity index (χ1v) is 8.23. The lowest BCUT2D eigenvalue weighted by molar-refractivity contribution is -0.147. The zero-order valence-electron chi connectivity index (χ0n) is 13.4. The van der Waals surface area contributed by atoms with Crippen LogP contribution in [0.15, 0.2) is 53.1 Å². The van der Waals surface area contributed by atoms with E-state index in [0.29, 0.717) is 18.6 Å². The molecule has 1 aromatic heterocycles. The Balaban J connectivity index is 1.78. The van der Waals surface area contributed by atoms with E-state index in [1.54, 1.807) is 12.3 Å². The molecule has 1 amide bonds. The fraction of sp³-hybridized carbons (Fsp3) is 0.368. The summed E-state index contributed by atoms with van der Waals surface area (Å²) in [5.41, 5.74) is -0.139. The van der Waals surface area contributed by atoms with Gasteiger partial charge in [0.25, 0.3) is 0 Å². The van der Waals surface area contributed by atoms with E-state index in [1.807, 2.05) is 36.4 Å². The summed E-state index contributed by atoms with van der Waals surface area (Å²) >= 11 is 0. The Bertz CT molecular complexity index is 687. The van der Waals surface area contributed by atoms with Crippen molar-refractivity contribution in [2.45, 2.75) is 43.6 Å². The van der Waals surface area contributed by atoms with Crippen LogP contribution in [-0.4, -0.2) is 22.5 Å². The summed E-state index contributed by atoms with van der Waals surface area (Å²) in [6, 6.07) is 13.3. The molecule has 3 rings (SSSR count). The summed E-state index contributed by atoms with van der Waals surface area (Å²) in [5, 5.41) is 12.3. The Kier molecular flexibility index (Phi) is 4.69. The number of furan rings is 1. The highest BCUT2D eigenvalue weighted by Crippen LogP contribution is 2.32. The second-order valence-electron chi connectivity index (χ2n) is 6.33. The minimum absolute atomic E-state index is 0.159. The average molecular weight is 327 g/mol. The Labute approximate surface area is 140 Å². The highest BCUT2D eigenvalue weighted by atomic mass is 16.4. The maximum atomic E-state index is 12.6. The van der Waals surface area contributed by atoms with Gasteiger partial charge in [0.05, 0.1) is 12.2 Å². The number of carboxylic acids is 1. The van der Waals surface area contributed by atoms with Crippen molar-refractivity contribution in [1.29, 1.82) is 0 Å². The highest BCUT2D eigenvalue weighted by molar-refractivity contribution is 5.87. The second-order valence-corrected chi connectivity index (χ2v) is 6.33. The Hall–Kier alpha value is -2.56. The predicted molar refractivity (Wildman–Crippen MR) is 88.6 cm³/mol. The van der Waals surface area contributed by atoms with Gasteiger partial charge in [0.2, 0.25) is 5.91 Å². The minimum atomic E-state index is -1.11. The van der Waals surface area contributed by atoms with E-state index in [4.69, 9.17) is 4.42 Å². The van der Waals surface area contributed by atoms with Crippen LogP contribution >= 0.6 is 0 Å². The van der Waals surface area contributed by atoms with Crippen LogP contribution in [0.1, 0.15) is 49.3 Å². The van der Waals surface area contributed by atoms with Gasteiger partial charge in [-0.2, -0.15) is 0 Å². The van der Waals surface area contributed by atoms with Crippen molar-refractivity contribution in [2.24, 2.45) is 0 Å². The van der Waals surface area contributed by atoms with E-state index in [2.05, 4.69) is 5.32 Å². The Morgan fingerprint density at radius 3 is 2.42 bits per heavy atom. The van der Waals surface area contributed by atoms with Crippen molar-refractivity contribution in [2.75, 3.05) is 0 Å². The maximum Gasteiger partial charge on any atom is 0.329 e. The van der Waals surface area contributed by atoms with Gasteiger partial charge >= 0.3 is 5.97 Å². The quantitative estimate of drug-likeness (QED) is 0.853. The molecule has 2 aromatic rings. The molecule has 1 heterocycles. The van der Waals surface area contributed by atoms with Crippen molar-refractivity contribution >= 4 is 11.9 Å². The summed E-state index contributed by atoms with van der Waals surface area (Å²) in [6.07, 6.45) is 4.38. The molecule has 0 unspecified atom stereocenters. The minimum Gasteiger partial charge on any atom is -0.480 e. The molecule has 1 saturated carbocycles. The number of amides is 1. The first-order valence-electron chi connectivity index (χ1n) is 8.23. The van der Waals surface area contributed by atoms with Crippen molar-refractivity contribution in [1.82, 2.24) is 5.32 Å². The predicted octanol–water partition coefficient (Wildman–Crippen LogP) is 3.32. The fourth-order valence-corrected chi connectivity index (χ4v) is 3.43. The Morgan fingerprint density at radius 1 is 1.12 bits per heavy atom. The van der Waals surface area contributed by atoms with E-state index in [1.165, 1.54) is 0 Å². The van der Waals surface area contributed by atoms with Crippen molar-refractivity contribution in [3.63, 3.8) is 0 Å². The zero-order chi connectivity index (χ0) is 17.0. The van der Waals surface area contributed by atoms with Crippen LogP contribution in [0.3, 0.4) is 0 Å². The number of benzene rings is 1. The van der Waals surface area contributed by atoms with Gasteiger partial charge in [-0.25, -0.2) is 4.79 Å². The van der Waals surface area contributed by atoms with Crippen LogP contribution in [0.2, 0.25) is 0 Å². The lowest BCUT2D eigenvalue weighted by Gasteiger charge is -2.26. The first-order chi connectivity index (χ1) is 11.6. The molecule has 1 aliphatic carbocycles. The number of aliphatic carboxylic acids is 1. The maximum absolute atomic E-state index is 12.6. The summed E-state index contributed by atoms with van der Waals surface area (Å²) in [5.74, 6) is -0.729. The van der Waals surface area contributed by atoms with Gasteiger partial charge in [-0.3, -0.25) is 4.79 Å². The van der Waals surface area contributed by atoms with Crippen molar-refractivity contribution < 1.29 is 19.1 Å². The molecule has 0 bridgehead atoms. The molecule has 1 atom stereocenters. The number of hydrogen-bond donors (Lipinski definition) is 2. The molecule has 0 spiro atoms. The standard InChI is InChI=1S/C19H21NO4/c21-17(20-19(18(22)23)10-4-5-11-19)13-15(16-9-6-12-24-16)14-7-2-1-3-8-14/h1-3,6-9,12,15H,4-5,10-11,13H2,(H,20,21)(H,22,23)/t15-/m1/s1. The number of carboxylic acid groups (broad SMARTS) is 1. The van der Waals surface area contributed by atoms with Gasteiger partial charge in [0.1, 0.15) is 11.3 Å². The molecule has 0 radical (unpaired) electrons. The normalized spacial score (nSPS) is 17.3. The number of carbonyl (C=O) groups is 2. The molecular formula is C19H21NO4. The van der Waals surface area contributed by atoms with E-state index >= 15 is 0 Å². The first kappa shape index (κ1) is 16.3. The van der Waals surface area contributed by atoms with E-state index in [-0.39, 0.29) is 18.2 Å². The molecule has 5 nitrogen and oxygen atoms in total. The van der Waals surface area contributed by atoms with E-state index < -0.39 is 11.5 Å². The van der Waals surface area contributed by atoms with E-state index in [9.17, 15) is 14.7 Å². The lowest BCUT2D eigenvalue weighted by atomic mass is 9.91. The molecule has 126 valence electrons. The third kappa shape index (κ3) is 3.35. The lowest BCUT2D eigenvalue weighted by Crippen LogP contribution is -2.52. The summed E-state index contributed by atoms with van der Waals surface area (Å²) in [4.78, 5) is 24.2. The number of nitrogens with one attached hydrogen (secondary N) is 1. The molecule has 0 aliphatic heterocycles. The SMILES string of the molecule is O=C(C[C@H](c1ccccc1)c1ccco1)NC1(C(=O)O)CCCC1. The smallest absolute Gasteiger partial charge is 0.329 e. The largest absolute Gasteiger partial charge is 0.480 e. The topological polar surface area (TPSA) is 79.5 Å². The van der Waals surface area contributed by atoms with Gasteiger partial charge in [-0.05, 0) is 30.5 Å². The molecule has 1 aliphatic rings. The second kappa shape index (κ2) is 6.91. The van der Waals surface area contributed by atoms with Crippen molar-refractivity contribution in [3.05, 3.63) is 60.1 Å². The van der Waals surface area contributed by atoms with E-state index in [0.717, 1.165) is 18.4 Å². The van der Waals surface area contributed by atoms with Crippen LogP contribution in [0.25, 0.3) is 0 Å². The molecule has 1 aromatic carbocycles. The number of rotatable bonds is 6. The fourth-order valence-electron chi connectivity index (χ4n) is 3.43. The monoisotopic (exact) mass is 327 g/mol. The molecular weight excluding hydrogens is 306 g/mol. The van der Waals surface area contributed by atoms with Gasteiger partial charge in [-0.15, -0.1) is 0 Å². The van der Waals surface area contributed by atoms with Crippen LogP contribution in [-0.2, 0) is 9.59 Å². The highest BCUT2D eigenvalue weighted by Gasteiger charge is 2.42. The van der Waals surface area contributed by atoms with Crippen molar-refractivity contribution in [3.8, 4) is 0 Å². The molecule has 0 saturated heterocycles. The van der Waals surface area contributed by atoms with Gasteiger partial charge in [0, 0.05) is 6.42 Å². The van der Waals surface area contributed by atoms with Crippen LogP contribution in [0, 0.1) is 0 Å². The summed E-state index contributed by atoms with van der Waals surface area (Å²) < 4.78 is 5.50. The molecule has 5 heteroatoms. The van der Waals surface area contributed by atoms with Crippen LogP contribution in [0.5, 0.6) is 0 Å². The van der Waals surface area contributed by atoms with Crippen LogP contribution < -0.4 is 5.32 Å². The third-order valence-corrected chi connectivity index (χ3v) is 4.72. The van der Waals surface area contributed by atoms with Gasteiger partial charge in [-0.1, -0.05) is 43.2 Å². The Morgan fingerprint density at radius 2 is 1.83 bits per heavy atom. The zero-order valence-corrected chi connectivity index (χ0v) is 13.4. The van der Waals surface area contributed by atoms with Crippen LogP contribution in [0.4, 0.5) is 0 Å². The van der Waals surface area contributed by atoms with Gasteiger partial charge in [0.15, 0.2) is 0 Å². The molecule has 1 fully saturated rings. The third-order valence-electron chi connectivity index (χ3n) is 4.72.